The molecule has 1 heterocycles. The Morgan fingerprint density at radius 3 is 2.50 bits per heavy atom. The van der Waals surface area contributed by atoms with Crippen molar-refractivity contribution in [3.63, 3.8) is 0 Å². The summed E-state index contributed by atoms with van der Waals surface area (Å²) in [6, 6.07) is 7.25. The van der Waals surface area contributed by atoms with Crippen molar-refractivity contribution < 1.29 is 17.9 Å². The van der Waals surface area contributed by atoms with Crippen LogP contribution in [0.4, 0.5) is 11.5 Å². The second-order valence-corrected chi connectivity index (χ2v) is 8.27. The third-order valence-electron chi connectivity index (χ3n) is 3.36. The first-order chi connectivity index (χ1) is 13.2. The third-order valence-corrected chi connectivity index (χ3v) is 4.93. The first-order valence-electron chi connectivity index (χ1n) is 8.29. The smallest absolute Gasteiger partial charge is 0.263 e. The van der Waals surface area contributed by atoms with Crippen LogP contribution in [0.15, 0.2) is 41.6 Å². The van der Waals surface area contributed by atoms with Crippen molar-refractivity contribution in [2.45, 2.75) is 25.2 Å². The Balaban J connectivity index is 2.02. The summed E-state index contributed by atoms with van der Waals surface area (Å²) < 4.78 is 32.2. The van der Waals surface area contributed by atoms with Gasteiger partial charge in [0.2, 0.25) is 11.8 Å². The van der Waals surface area contributed by atoms with E-state index in [1.165, 1.54) is 43.8 Å². The molecule has 28 heavy (non-hydrogen) atoms. The Hall–Kier alpha value is -2.79. The Kier molecular flexibility index (Phi) is 7.24. The number of hydrogen-bond acceptors (Lipinski definition) is 7. The maximum absolute atomic E-state index is 12.5. The van der Waals surface area contributed by atoms with Gasteiger partial charge in [-0.15, -0.1) is 0 Å². The molecule has 3 N–H and O–H groups in total. The van der Waals surface area contributed by atoms with Crippen LogP contribution in [0.3, 0.4) is 0 Å². The second kappa shape index (κ2) is 9.42. The molecule has 0 fully saturated rings. The average molecular weight is 424 g/mol. The molecule has 1 amide bonds. The van der Waals surface area contributed by atoms with E-state index >= 15 is 0 Å². The zero-order valence-corrected chi connectivity index (χ0v) is 17.2. The predicted molar refractivity (Wildman–Crippen MR) is 110 cm³/mol. The lowest BCUT2D eigenvalue weighted by Gasteiger charge is -2.12. The number of anilines is 2. The molecule has 0 unspecified atom stereocenters. The number of hydrogen-bond donors (Lipinski definition) is 3. The van der Waals surface area contributed by atoms with Crippen molar-refractivity contribution in [1.82, 2.24) is 15.3 Å². The van der Waals surface area contributed by atoms with Crippen molar-refractivity contribution in [3.05, 3.63) is 36.7 Å². The van der Waals surface area contributed by atoms with Crippen LogP contribution < -0.4 is 20.1 Å². The van der Waals surface area contributed by atoms with Crippen molar-refractivity contribution in [3.8, 4) is 5.88 Å². The number of sulfonamides is 1. The van der Waals surface area contributed by atoms with E-state index in [1.807, 2.05) is 13.8 Å². The minimum Gasteiger partial charge on any atom is -0.481 e. The highest BCUT2D eigenvalue weighted by molar-refractivity contribution is 7.92. The molecular weight excluding hydrogens is 402 g/mol. The normalized spacial score (nSPS) is 11.0. The highest BCUT2D eigenvalue weighted by Gasteiger charge is 2.15. The van der Waals surface area contributed by atoms with E-state index in [1.54, 1.807) is 0 Å². The van der Waals surface area contributed by atoms with Gasteiger partial charge in [-0.3, -0.25) is 9.52 Å². The van der Waals surface area contributed by atoms with Crippen LogP contribution >= 0.6 is 12.2 Å². The number of carbonyl (C=O) groups is 1. The summed E-state index contributed by atoms with van der Waals surface area (Å²) in [5, 5.41) is 5.56. The molecule has 0 atom stereocenters. The summed E-state index contributed by atoms with van der Waals surface area (Å²) in [5.74, 6) is 0.356. The van der Waals surface area contributed by atoms with E-state index < -0.39 is 10.0 Å². The first kappa shape index (κ1) is 21.5. The Labute approximate surface area is 169 Å². The van der Waals surface area contributed by atoms with Crippen LogP contribution in [0.1, 0.15) is 20.3 Å². The first-order valence-corrected chi connectivity index (χ1v) is 10.2. The van der Waals surface area contributed by atoms with Gasteiger partial charge >= 0.3 is 0 Å². The fraction of sp³-hybridized carbons (Fsp3) is 0.294. The zero-order valence-electron chi connectivity index (χ0n) is 15.6. The third kappa shape index (κ3) is 6.43. The minimum atomic E-state index is -3.84. The number of ether oxygens (including phenoxy) is 1. The fourth-order valence-corrected chi connectivity index (χ4v) is 3.36. The number of rotatable bonds is 7. The molecule has 0 bridgehead atoms. The topological polar surface area (TPSA) is 122 Å². The van der Waals surface area contributed by atoms with Crippen LogP contribution in [-0.4, -0.2) is 36.5 Å². The highest BCUT2D eigenvalue weighted by Crippen LogP contribution is 2.18. The fourth-order valence-electron chi connectivity index (χ4n) is 2.13. The number of thiocarbonyl (C=S) groups is 1. The van der Waals surface area contributed by atoms with Gasteiger partial charge in [-0.2, -0.15) is 0 Å². The van der Waals surface area contributed by atoms with Crippen LogP contribution in [0.5, 0.6) is 5.88 Å². The monoisotopic (exact) mass is 423 g/mol. The molecule has 11 heteroatoms. The van der Waals surface area contributed by atoms with Gasteiger partial charge in [-0.05, 0) is 42.4 Å². The van der Waals surface area contributed by atoms with Crippen LogP contribution in [0, 0.1) is 5.92 Å². The lowest BCUT2D eigenvalue weighted by atomic mass is 10.1. The summed E-state index contributed by atoms with van der Waals surface area (Å²) in [7, 11) is -2.42. The van der Waals surface area contributed by atoms with Crippen LogP contribution in [-0.2, 0) is 14.8 Å². The highest BCUT2D eigenvalue weighted by atomic mass is 32.2. The summed E-state index contributed by atoms with van der Waals surface area (Å²) in [6.07, 6.45) is 1.55. The number of amides is 1. The van der Waals surface area contributed by atoms with Crippen LogP contribution in [0.25, 0.3) is 0 Å². The molecule has 2 aromatic rings. The number of nitrogens with one attached hydrogen (secondary N) is 3. The minimum absolute atomic E-state index is 0.0328. The molecule has 0 radical (unpaired) electrons. The van der Waals surface area contributed by atoms with Gasteiger partial charge in [0, 0.05) is 18.2 Å². The van der Waals surface area contributed by atoms with Crippen LogP contribution in [0.2, 0.25) is 0 Å². The number of benzene rings is 1. The van der Waals surface area contributed by atoms with E-state index in [-0.39, 0.29) is 33.5 Å². The van der Waals surface area contributed by atoms with E-state index in [4.69, 9.17) is 17.0 Å². The van der Waals surface area contributed by atoms with Crippen molar-refractivity contribution >= 4 is 44.8 Å². The molecule has 150 valence electrons. The van der Waals surface area contributed by atoms with Gasteiger partial charge in [0.25, 0.3) is 10.0 Å². The lowest BCUT2D eigenvalue weighted by molar-refractivity contribution is -0.120. The predicted octanol–water partition coefficient (Wildman–Crippen LogP) is 2.15. The van der Waals surface area contributed by atoms with Gasteiger partial charge in [-0.1, -0.05) is 13.8 Å². The number of carbonyl (C=O) groups excluding carboxylic acids is 1. The molecule has 0 aliphatic rings. The summed E-state index contributed by atoms with van der Waals surface area (Å²) >= 11 is 5.08. The van der Waals surface area contributed by atoms with Gasteiger partial charge in [0.05, 0.1) is 12.0 Å². The van der Waals surface area contributed by atoms with Gasteiger partial charge in [0.1, 0.15) is 12.1 Å². The van der Waals surface area contributed by atoms with E-state index in [9.17, 15) is 13.2 Å². The molecule has 0 spiro atoms. The Bertz CT molecular complexity index is 946. The van der Waals surface area contributed by atoms with Gasteiger partial charge in [0.15, 0.2) is 5.11 Å². The van der Waals surface area contributed by atoms with E-state index in [0.717, 1.165) is 0 Å². The molecular formula is C17H21N5O4S2. The molecule has 2 rings (SSSR count). The van der Waals surface area contributed by atoms with Crippen molar-refractivity contribution in [1.29, 1.82) is 0 Å². The van der Waals surface area contributed by atoms with Crippen molar-refractivity contribution in [2.24, 2.45) is 5.92 Å². The second-order valence-electron chi connectivity index (χ2n) is 6.18. The molecule has 1 aromatic heterocycles. The number of aromatic nitrogens is 2. The number of methoxy groups -OCH3 is 1. The maximum Gasteiger partial charge on any atom is 0.263 e. The summed E-state index contributed by atoms with van der Waals surface area (Å²) in [6.45, 7) is 3.86. The average Bonchev–Trinajstić information content (AvgIpc) is 2.61. The number of nitrogens with zero attached hydrogens (tertiary/aromatic N) is 2. The Morgan fingerprint density at radius 2 is 1.89 bits per heavy atom. The maximum atomic E-state index is 12.5. The molecule has 0 saturated heterocycles. The van der Waals surface area contributed by atoms with Gasteiger partial charge < -0.3 is 15.4 Å². The summed E-state index contributed by atoms with van der Waals surface area (Å²) in [4.78, 5) is 19.4. The quantitative estimate of drug-likeness (QED) is 0.579. The molecule has 0 aliphatic heterocycles. The van der Waals surface area contributed by atoms with Gasteiger partial charge in [-0.25, -0.2) is 18.4 Å². The molecule has 1 aromatic carbocycles. The lowest BCUT2D eigenvalue weighted by Crippen LogP contribution is -2.34. The van der Waals surface area contributed by atoms with E-state index in [0.29, 0.717) is 12.1 Å². The summed E-state index contributed by atoms with van der Waals surface area (Å²) in [5.41, 5.74) is 0.539. The van der Waals surface area contributed by atoms with Crippen molar-refractivity contribution in [2.75, 3.05) is 17.1 Å². The molecule has 0 saturated carbocycles. The standard InChI is InChI=1S/C17H21N5O4S2/c1-11(2)8-15(23)21-17(27)20-12-4-6-13(7-5-12)28(24,25)22-14-9-16(26-3)19-10-18-14/h4-7,9-11H,8H2,1-3H3,(H,18,19,22)(H2,20,21,23,27). The molecule has 0 aliphatic carbocycles. The molecule has 9 nitrogen and oxygen atoms in total. The largest absolute Gasteiger partial charge is 0.481 e. The Morgan fingerprint density at radius 1 is 1.21 bits per heavy atom. The SMILES string of the molecule is COc1cc(NS(=O)(=O)c2ccc(NC(=S)NC(=O)CC(C)C)cc2)ncn1. The zero-order chi connectivity index (χ0) is 20.7. The van der Waals surface area contributed by atoms with E-state index in [2.05, 4.69) is 25.3 Å².